The summed E-state index contributed by atoms with van der Waals surface area (Å²) in [7, 11) is 0. The fourth-order valence-electron chi connectivity index (χ4n) is 8.23. The molecule has 3 N–H and O–H groups in total. The quantitative estimate of drug-likeness (QED) is 0.689. The fraction of sp³-hybridized carbons (Fsp3) is 1.00. The lowest BCUT2D eigenvalue weighted by molar-refractivity contribution is -0.216. The molecule has 0 bridgehead atoms. The van der Waals surface area contributed by atoms with E-state index in [-0.39, 0.29) is 12.0 Å². The first-order valence-electron chi connectivity index (χ1n) is 10.5. The number of aliphatic hydroxyl groups excluding tert-OH is 2. The van der Waals surface area contributed by atoms with Gasteiger partial charge in [-0.3, -0.25) is 0 Å². The molecule has 24 heavy (non-hydrogen) atoms. The van der Waals surface area contributed by atoms with Gasteiger partial charge in [0.25, 0.3) is 0 Å². The molecule has 0 amide bonds. The molecule has 0 aromatic rings. The van der Waals surface area contributed by atoms with E-state index >= 15 is 0 Å². The highest BCUT2D eigenvalue weighted by atomic mass is 16.5. The van der Waals surface area contributed by atoms with Crippen molar-refractivity contribution < 1.29 is 15.3 Å². The van der Waals surface area contributed by atoms with Crippen LogP contribution in [0.15, 0.2) is 0 Å². The zero-order chi connectivity index (χ0) is 16.9. The zero-order valence-electron chi connectivity index (χ0n) is 15.3. The molecule has 3 nitrogen and oxygen atoms in total. The number of hydrogen-bond donors (Lipinski definition) is 3. The van der Waals surface area contributed by atoms with Crippen LogP contribution in [0.2, 0.25) is 0 Å². The Morgan fingerprint density at radius 3 is 2.50 bits per heavy atom. The normalized spacial score (nSPS) is 51.1. The van der Waals surface area contributed by atoms with Gasteiger partial charge in [0.15, 0.2) is 6.29 Å². The minimum absolute atomic E-state index is 0.180. The van der Waals surface area contributed by atoms with Gasteiger partial charge in [-0.05, 0) is 92.8 Å². The summed E-state index contributed by atoms with van der Waals surface area (Å²) in [5.74, 6) is 3.15. The number of hydrogen-bond acceptors (Lipinski definition) is 3. The van der Waals surface area contributed by atoms with Gasteiger partial charge in [0.1, 0.15) is 0 Å². The van der Waals surface area contributed by atoms with Gasteiger partial charge in [0, 0.05) is 12.0 Å². The van der Waals surface area contributed by atoms with Crippen molar-refractivity contribution in [1.29, 1.82) is 0 Å². The van der Waals surface area contributed by atoms with E-state index in [1.807, 2.05) is 0 Å². The summed E-state index contributed by atoms with van der Waals surface area (Å²) in [6.07, 6.45) is 12.2. The van der Waals surface area contributed by atoms with Gasteiger partial charge in [-0.15, -0.1) is 0 Å². The summed E-state index contributed by atoms with van der Waals surface area (Å²) < 4.78 is 0. The van der Waals surface area contributed by atoms with Crippen LogP contribution in [0.25, 0.3) is 0 Å². The van der Waals surface area contributed by atoms with E-state index in [2.05, 4.69) is 6.92 Å². The molecule has 0 aliphatic heterocycles. The molecular formula is C21H36O3. The molecule has 138 valence electrons. The van der Waals surface area contributed by atoms with Gasteiger partial charge < -0.3 is 15.3 Å². The molecule has 4 aliphatic carbocycles. The standard InChI is InChI=1S/C21H36O3/c1-20-11-3-2-4-14(20)5-7-16-17(20)9-12-21(19(23)24)15(10-13-22)6-8-18(16)21/h14-19,22-24H,2-13H2,1H3/t14?,15-,16-,17+,18+,20+,21+/m1/s1. The van der Waals surface area contributed by atoms with E-state index in [1.165, 1.54) is 44.9 Å². The summed E-state index contributed by atoms with van der Waals surface area (Å²) in [6.45, 7) is 2.75. The number of aliphatic hydroxyl groups is 3. The average Bonchev–Trinajstić information content (AvgIpc) is 2.95. The van der Waals surface area contributed by atoms with E-state index in [1.54, 1.807) is 0 Å². The Balaban J connectivity index is 1.64. The average molecular weight is 337 g/mol. The maximum atomic E-state index is 10.4. The fourth-order valence-corrected chi connectivity index (χ4v) is 8.23. The highest BCUT2D eigenvalue weighted by molar-refractivity contribution is 5.10. The van der Waals surface area contributed by atoms with Crippen molar-refractivity contribution in [3.63, 3.8) is 0 Å². The highest BCUT2D eigenvalue weighted by Crippen LogP contribution is 2.68. The first-order chi connectivity index (χ1) is 11.5. The maximum Gasteiger partial charge on any atom is 0.157 e. The second-order valence-corrected chi connectivity index (χ2v) is 9.71. The van der Waals surface area contributed by atoms with Crippen LogP contribution >= 0.6 is 0 Å². The molecule has 0 saturated heterocycles. The second-order valence-electron chi connectivity index (χ2n) is 9.71. The number of fused-ring (bicyclic) bond motifs is 5. The lowest BCUT2D eigenvalue weighted by Gasteiger charge is -2.61. The van der Waals surface area contributed by atoms with Crippen LogP contribution in [0.3, 0.4) is 0 Å². The third-order valence-electron chi connectivity index (χ3n) is 9.30. The molecular weight excluding hydrogens is 300 g/mol. The van der Waals surface area contributed by atoms with Gasteiger partial charge in [-0.1, -0.05) is 19.8 Å². The molecule has 0 aromatic heterocycles. The predicted molar refractivity (Wildman–Crippen MR) is 94.1 cm³/mol. The SMILES string of the molecule is C[C@]12CCCCC1CC[C@H]1[C@@H]3CC[C@H](CCO)[C@@]3(C(O)O)CC[C@@H]12. The van der Waals surface area contributed by atoms with Gasteiger partial charge in [0.05, 0.1) is 0 Å². The number of rotatable bonds is 3. The Hall–Kier alpha value is -0.120. The predicted octanol–water partition coefficient (Wildman–Crippen LogP) is 3.71. The molecule has 4 rings (SSSR count). The molecule has 0 spiro atoms. The van der Waals surface area contributed by atoms with Gasteiger partial charge in [0.2, 0.25) is 0 Å². The summed E-state index contributed by atoms with van der Waals surface area (Å²) in [5, 5.41) is 30.3. The van der Waals surface area contributed by atoms with Crippen molar-refractivity contribution >= 4 is 0 Å². The zero-order valence-corrected chi connectivity index (χ0v) is 15.3. The lowest BCUT2D eigenvalue weighted by atomic mass is 9.44. The van der Waals surface area contributed by atoms with E-state index < -0.39 is 6.29 Å². The van der Waals surface area contributed by atoms with E-state index in [9.17, 15) is 15.3 Å². The highest BCUT2D eigenvalue weighted by Gasteiger charge is 2.63. The van der Waals surface area contributed by atoms with Gasteiger partial charge in [-0.2, -0.15) is 0 Å². The first kappa shape index (κ1) is 17.3. The minimum atomic E-state index is -1.21. The molecule has 0 heterocycles. The second kappa shape index (κ2) is 6.25. The Labute approximate surface area is 146 Å². The van der Waals surface area contributed by atoms with Crippen LogP contribution < -0.4 is 0 Å². The third kappa shape index (κ3) is 2.27. The van der Waals surface area contributed by atoms with E-state index in [0.717, 1.165) is 37.5 Å². The Bertz CT molecular complexity index is 464. The minimum Gasteiger partial charge on any atom is -0.396 e. The van der Waals surface area contributed by atoms with Crippen LogP contribution in [0.1, 0.15) is 77.6 Å². The Kier molecular flexibility index (Phi) is 4.50. The van der Waals surface area contributed by atoms with Crippen LogP contribution in [-0.4, -0.2) is 28.2 Å². The molecule has 7 atom stereocenters. The van der Waals surface area contributed by atoms with Crippen LogP contribution in [0.4, 0.5) is 0 Å². The van der Waals surface area contributed by atoms with Crippen molar-refractivity contribution in [1.82, 2.24) is 0 Å². The van der Waals surface area contributed by atoms with E-state index in [4.69, 9.17) is 0 Å². The molecule has 1 unspecified atom stereocenters. The molecule has 3 heteroatoms. The van der Waals surface area contributed by atoms with Crippen molar-refractivity contribution in [3.8, 4) is 0 Å². The van der Waals surface area contributed by atoms with Crippen molar-refractivity contribution in [2.24, 2.45) is 40.4 Å². The summed E-state index contributed by atoms with van der Waals surface area (Å²) in [4.78, 5) is 0. The Morgan fingerprint density at radius 1 is 0.917 bits per heavy atom. The largest absolute Gasteiger partial charge is 0.396 e. The maximum absolute atomic E-state index is 10.4. The van der Waals surface area contributed by atoms with Crippen molar-refractivity contribution in [2.45, 2.75) is 83.8 Å². The monoisotopic (exact) mass is 336 g/mol. The molecule has 4 fully saturated rings. The van der Waals surface area contributed by atoms with Gasteiger partial charge >= 0.3 is 0 Å². The van der Waals surface area contributed by atoms with Crippen LogP contribution in [0, 0.1) is 40.4 Å². The Morgan fingerprint density at radius 2 is 1.75 bits per heavy atom. The lowest BCUT2D eigenvalue weighted by Crippen LogP contribution is -2.56. The van der Waals surface area contributed by atoms with Crippen molar-refractivity contribution in [2.75, 3.05) is 6.61 Å². The third-order valence-corrected chi connectivity index (χ3v) is 9.30. The van der Waals surface area contributed by atoms with Crippen LogP contribution in [-0.2, 0) is 0 Å². The summed E-state index contributed by atoms with van der Waals surface area (Å²) in [5.41, 5.74) is 0.171. The van der Waals surface area contributed by atoms with Crippen LogP contribution in [0.5, 0.6) is 0 Å². The van der Waals surface area contributed by atoms with Crippen molar-refractivity contribution in [3.05, 3.63) is 0 Å². The summed E-state index contributed by atoms with van der Waals surface area (Å²) in [6, 6.07) is 0. The first-order valence-corrected chi connectivity index (χ1v) is 10.5. The van der Waals surface area contributed by atoms with E-state index in [0.29, 0.717) is 23.2 Å². The molecule has 0 aromatic carbocycles. The smallest absolute Gasteiger partial charge is 0.157 e. The molecule has 4 aliphatic rings. The molecule has 4 saturated carbocycles. The summed E-state index contributed by atoms with van der Waals surface area (Å²) >= 11 is 0. The van der Waals surface area contributed by atoms with Gasteiger partial charge in [-0.25, -0.2) is 0 Å². The molecule has 0 radical (unpaired) electrons. The topological polar surface area (TPSA) is 60.7 Å².